The summed E-state index contributed by atoms with van der Waals surface area (Å²) in [6, 6.07) is 10.1. The molecule has 1 aromatic heterocycles. The van der Waals surface area contributed by atoms with Gasteiger partial charge in [0.25, 0.3) is 0 Å². The summed E-state index contributed by atoms with van der Waals surface area (Å²) in [6.07, 6.45) is -1.76. The number of hydrogen-bond acceptors (Lipinski definition) is 8. The van der Waals surface area contributed by atoms with Gasteiger partial charge in [0.1, 0.15) is 18.3 Å². The predicted octanol–water partition coefficient (Wildman–Crippen LogP) is -0.774. The Morgan fingerprint density at radius 1 is 1.13 bits per heavy atom. The molecule has 2 saturated heterocycles. The molecule has 2 aromatic rings. The summed E-state index contributed by atoms with van der Waals surface area (Å²) in [6.45, 7) is 3.61. The van der Waals surface area contributed by atoms with Crippen LogP contribution in [0.4, 0.5) is 5.69 Å². The number of aromatic nitrogens is 3. The number of carbonyl (C=O) groups excluding carboxylic acids is 1. The van der Waals surface area contributed by atoms with E-state index in [-0.39, 0.29) is 18.9 Å². The zero-order chi connectivity index (χ0) is 21.8. The summed E-state index contributed by atoms with van der Waals surface area (Å²) >= 11 is 0. The standard InChI is InChI=1S/C21H30N6O4/c1-22-12-15-13-27(24-23-15)14-18-21(30)20(29)17(31-18)11-19(28)26-9-7-25(8-10-26)16-5-3-2-4-6-16/h2-6,13,17-18,20-22,29-30H,7-12,14H2,1H3. The van der Waals surface area contributed by atoms with Crippen molar-refractivity contribution in [2.75, 3.05) is 38.1 Å². The predicted molar refractivity (Wildman–Crippen MR) is 113 cm³/mol. The van der Waals surface area contributed by atoms with E-state index < -0.39 is 24.4 Å². The minimum absolute atomic E-state index is 0.0441. The fraction of sp³-hybridized carbons (Fsp3) is 0.571. The van der Waals surface area contributed by atoms with Crippen LogP contribution in [0.25, 0.3) is 0 Å². The fourth-order valence-electron chi connectivity index (χ4n) is 4.17. The van der Waals surface area contributed by atoms with Gasteiger partial charge in [-0.15, -0.1) is 5.10 Å². The topological polar surface area (TPSA) is 116 Å². The molecule has 3 N–H and O–H groups in total. The molecule has 1 aromatic carbocycles. The van der Waals surface area contributed by atoms with Crippen molar-refractivity contribution >= 4 is 11.6 Å². The number of rotatable bonds is 7. The minimum atomic E-state index is -1.11. The average Bonchev–Trinajstić information content (AvgIpc) is 3.34. The first-order valence-electron chi connectivity index (χ1n) is 10.7. The Morgan fingerprint density at radius 2 is 1.84 bits per heavy atom. The lowest BCUT2D eigenvalue weighted by Crippen LogP contribution is -2.49. The Labute approximate surface area is 181 Å². The van der Waals surface area contributed by atoms with Gasteiger partial charge in [0.15, 0.2) is 0 Å². The lowest BCUT2D eigenvalue weighted by Gasteiger charge is -2.36. The highest BCUT2D eigenvalue weighted by Crippen LogP contribution is 2.26. The van der Waals surface area contributed by atoms with Crippen LogP contribution in [0.5, 0.6) is 0 Å². The van der Waals surface area contributed by atoms with Gasteiger partial charge in [0.2, 0.25) is 5.91 Å². The average molecular weight is 431 g/mol. The smallest absolute Gasteiger partial charge is 0.225 e. The first-order chi connectivity index (χ1) is 15.0. The second-order valence-corrected chi connectivity index (χ2v) is 8.06. The van der Waals surface area contributed by atoms with Gasteiger partial charge in [-0.2, -0.15) is 0 Å². The number of aliphatic hydroxyl groups excluding tert-OH is 2. The molecule has 10 nitrogen and oxygen atoms in total. The summed E-state index contributed by atoms with van der Waals surface area (Å²) in [4.78, 5) is 16.8. The van der Waals surface area contributed by atoms with Crippen molar-refractivity contribution in [1.82, 2.24) is 25.2 Å². The molecule has 31 heavy (non-hydrogen) atoms. The van der Waals surface area contributed by atoms with E-state index in [9.17, 15) is 15.0 Å². The van der Waals surface area contributed by atoms with Crippen LogP contribution in [-0.2, 0) is 22.6 Å². The molecule has 168 valence electrons. The van der Waals surface area contributed by atoms with Gasteiger partial charge in [-0.25, -0.2) is 4.68 Å². The maximum atomic E-state index is 12.8. The van der Waals surface area contributed by atoms with Gasteiger partial charge in [-0.1, -0.05) is 23.4 Å². The summed E-state index contributed by atoms with van der Waals surface area (Å²) in [7, 11) is 1.82. The number of nitrogens with one attached hydrogen (secondary N) is 1. The van der Waals surface area contributed by atoms with Crippen LogP contribution in [0.3, 0.4) is 0 Å². The van der Waals surface area contributed by atoms with E-state index in [4.69, 9.17) is 4.74 Å². The maximum Gasteiger partial charge on any atom is 0.225 e. The molecule has 0 spiro atoms. The molecule has 0 saturated carbocycles. The molecular weight excluding hydrogens is 400 g/mol. The van der Waals surface area contributed by atoms with Crippen molar-refractivity contribution in [3.63, 3.8) is 0 Å². The van der Waals surface area contributed by atoms with E-state index in [2.05, 4.69) is 32.7 Å². The molecule has 4 atom stereocenters. The van der Waals surface area contributed by atoms with E-state index in [1.807, 2.05) is 25.2 Å². The van der Waals surface area contributed by atoms with Gasteiger partial charge >= 0.3 is 0 Å². The van der Waals surface area contributed by atoms with Gasteiger partial charge in [-0.3, -0.25) is 4.79 Å². The second kappa shape index (κ2) is 9.73. The lowest BCUT2D eigenvalue weighted by atomic mass is 10.0. The number of aliphatic hydroxyl groups is 2. The Bertz CT molecular complexity index is 855. The quantitative estimate of drug-likeness (QED) is 0.524. The van der Waals surface area contributed by atoms with Crippen LogP contribution in [-0.4, -0.2) is 93.7 Å². The van der Waals surface area contributed by atoms with Crippen LogP contribution in [0.1, 0.15) is 12.1 Å². The van der Waals surface area contributed by atoms with E-state index in [0.717, 1.165) is 24.5 Å². The van der Waals surface area contributed by atoms with Crippen LogP contribution < -0.4 is 10.2 Å². The SMILES string of the molecule is CNCc1cn(CC2OC(CC(=O)N3CCN(c4ccccc4)CC3)C(O)C2O)nn1. The van der Waals surface area contributed by atoms with E-state index >= 15 is 0 Å². The van der Waals surface area contributed by atoms with Gasteiger partial charge in [-0.05, 0) is 19.2 Å². The van der Waals surface area contributed by atoms with E-state index in [1.54, 1.807) is 15.8 Å². The molecule has 2 aliphatic rings. The number of ether oxygens (including phenoxy) is 1. The largest absolute Gasteiger partial charge is 0.388 e. The first kappa shape index (κ1) is 21.7. The molecule has 2 aliphatic heterocycles. The number of para-hydroxylation sites is 1. The molecular formula is C21H30N6O4. The Morgan fingerprint density at radius 3 is 2.55 bits per heavy atom. The molecule has 0 radical (unpaired) electrons. The van der Waals surface area contributed by atoms with Crippen molar-refractivity contribution < 1.29 is 19.7 Å². The molecule has 2 fully saturated rings. The van der Waals surface area contributed by atoms with Crippen molar-refractivity contribution in [2.24, 2.45) is 0 Å². The van der Waals surface area contributed by atoms with Crippen molar-refractivity contribution in [3.8, 4) is 0 Å². The van der Waals surface area contributed by atoms with Crippen molar-refractivity contribution in [2.45, 2.75) is 43.9 Å². The van der Waals surface area contributed by atoms with Crippen LogP contribution in [0.15, 0.2) is 36.5 Å². The number of piperazine rings is 1. The highest BCUT2D eigenvalue weighted by atomic mass is 16.5. The van der Waals surface area contributed by atoms with Gasteiger partial charge < -0.3 is 30.1 Å². The molecule has 4 rings (SSSR count). The highest BCUT2D eigenvalue weighted by Gasteiger charge is 2.44. The summed E-state index contributed by atoms with van der Waals surface area (Å²) in [5, 5.41) is 31.9. The molecule has 0 bridgehead atoms. The van der Waals surface area contributed by atoms with Gasteiger partial charge in [0.05, 0.1) is 24.8 Å². The third kappa shape index (κ3) is 5.04. The number of anilines is 1. The van der Waals surface area contributed by atoms with Crippen LogP contribution >= 0.6 is 0 Å². The summed E-state index contributed by atoms with van der Waals surface area (Å²) in [5.74, 6) is -0.0679. The third-order valence-electron chi connectivity index (χ3n) is 5.90. The van der Waals surface area contributed by atoms with Crippen LogP contribution in [0, 0.1) is 0 Å². The number of benzene rings is 1. The normalized spacial score (nSPS) is 26.4. The number of nitrogens with zero attached hydrogens (tertiary/aromatic N) is 5. The Kier molecular flexibility index (Phi) is 6.81. The van der Waals surface area contributed by atoms with Crippen LogP contribution in [0.2, 0.25) is 0 Å². The zero-order valence-electron chi connectivity index (χ0n) is 17.7. The third-order valence-corrected chi connectivity index (χ3v) is 5.90. The second-order valence-electron chi connectivity index (χ2n) is 8.06. The van der Waals surface area contributed by atoms with Crippen molar-refractivity contribution in [1.29, 1.82) is 0 Å². The fourth-order valence-corrected chi connectivity index (χ4v) is 4.17. The van der Waals surface area contributed by atoms with Gasteiger partial charge in [0, 0.05) is 44.6 Å². The first-order valence-corrected chi connectivity index (χ1v) is 10.7. The van der Waals surface area contributed by atoms with Crippen molar-refractivity contribution in [3.05, 3.63) is 42.2 Å². The number of hydrogen-bond donors (Lipinski definition) is 3. The summed E-state index contributed by atoms with van der Waals surface area (Å²) in [5.41, 5.74) is 1.93. The maximum absolute atomic E-state index is 12.8. The Balaban J connectivity index is 1.28. The monoisotopic (exact) mass is 430 g/mol. The highest BCUT2D eigenvalue weighted by molar-refractivity contribution is 5.77. The van der Waals surface area contributed by atoms with E-state index in [0.29, 0.717) is 19.6 Å². The molecule has 10 heteroatoms. The lowest BCUT2D eigenvalue weighted by molar-refractivity contribution is -0.135. The minimum Gasteiger partial charge on any atom is -0.388 e. The number of carbonyl (C=O) groups is 1. The Hall–Kier alpha value is -2.53. The molecule has 0 aliphatic carbocycles. The van der Waals surface area contributed by atoms with E-state index in [1.165, 1.54) is 0 Å². The zero-order valence-corrected chi connectivity index (χ0v) is 17.7. The molecule has 3 heterocycles. The molecule has 4 unspecified atom stereocenters. The molecule has 1 amide bonds. The number of amides is 1. The summed E-state index contributed by atoms with van der Waals surface area (Å²) < 4.78 is 7.43.